The average Bonchev–Trinajstić information content (AvgIpc) is 2.37. The Morgan fingerprint density at radius 3 is 2.39 bits per heavy atom. The maximum absolute atomic E-state index is 11.3. The summed E-state index contributed by atoms with van der Waals surface area (Å²) in [6.07, 6.45) is 0. The van der Waals surface area contributed by atoms with Crippen molar-refractivity contribution in [3.05, 3.63) is 35.4 Å². The first-order valence-corrected chi connectivity index (χ1v) is 6.39. The molecule has 0 spiro atoms. The van der Waals surface area contributed by atoms with Crippen molar-refractivity contribution in [2.45, 2.75) is 27.3 Å². The van der Waals surface area contributed by atoms with Crippen molar-refractivity contribution in [1.29, 1.82) is 0 Å². The second kappa shape index (κ2) is 7.13. The van der Waals surface area contributed by atoms with Crippen LogP contribution in [-0.2, 0) is 6.54 Å². The number of hydrogen-bond donors (Lipinski definition) is 2. The molecule has 100 valence electrons. The summed E-state index contributed by atoms with van der Waals surface area (Å²) in [5.41, 5.74) is 3.93. The first-order chi connectivity index (χ1) is 8.56. The highest BCUT2D eigenvalue weighted by molar-refractivity contribution is 5.93. The van der Waals surface area contributed by atoms with Gasteiger partial charge in [0.15, 0.2) is 0 Å². The van der Waals surface area contributed by atoms with Gasteiger partial charge in [0.2, 0.25) is 0 Å². The number of benzene rings is 1. The molecule has 3 N–H and O–H groups in total. The normalized spacial score (nSPS) is 11.0. The standard InChI is InChI=1S/C14H23N3O/c1-4-17(9-11(2)3)10-12-5-7-13(8-6-12)14(18)16-15/h5-8,11H,4,9-10,15H2,1-3H3,(H,16,18). The largest absolute Gasteiger partial charge is 0.299 e. The summed E-state index contributed by atoms with van der Waals surface area (Å²) in [6.45, 7) is 9.64. The van der Waals surface area contributed by atoms with Crippen LogP contribution in [0.25, 0.3) is 0 Å². The predicted octanol–water partition coefficient (Wildman–Crippen LogP) is 1.77. The lowest BCUT2D eigenvalue weighted by atomic mass is 10.1. The van der Waals surface area contributed by atoms with Gasteiger partial charge in [-0.05, 0) is 30.2 Å². The number of nitrogens with zero attached hydrogens (tertiary/aromatic N) is 1. The molecule has 1 aromatic rings. The molecule has 0 heterocycles. The summed E-state index contributed by atoms with van der Waals surface area (Å²) in [5.74, 6) is 5.50. The Morgan fingerprint density at radius 1 is 1.33 bits per heavy atom. The number of nitrogens with two attached hydrogens (primary N) is 1. The molecule has 1 aromatic carbocycles. The number of hydrazine groups is 1. The van der Waals surface area contributed by atoms with Crippen LogP contribution in [-0.4, -0.2) is 23.9 Å². The number of amides is 1. The van der Waals surface area contributed by atoms with Crippen LogP contribution in [0, 0.1) is 5.92 Å². The zero-order chi connectivity index (χ0) is 13.5. The van der Waals surface area contributed by atoms with Crippen molar-refractivity contribution in [2.24, 2.45) is 11.8 Å². The van der Waals surface area contributed by atoms with E-state index in [4.69, 9.17) is 5.84 Å². The van der Waals surface area contributed by atoms with Crippen molar-refractivity contribution in [2.75, 3.05) is 13.1 Å². The molecule has 0 atom stereocenters. The third-order valence-corrected chi connectivity index (χ3v) is 2.82. The highest BCUT2D eigenvalue weighted by Crippen LogP contribution is 2.09. The Labute approximate surface area is 109 Å². The monoisotopic (exact) mass is 249 g/mol. The van der Waals surface area contributed by atoms with Gasteiger partial charge in [-0.15, -0.1) is 0 Å². The van der Waals surface area contributed by atoms with Gasteiger partial charge in [-0.2, -0.15) is 0 Å². The molecule has 0 bridgehead atoms. The third kappa shape index (κ3) is 4.47. The van der Waals surface area contributed by atoms with E-state index in [0.717, 1.165) is 19.6 Å². The number of nitrogens with one attached hydrogen (secondary N) is 1. The highest BCUT2D eigenvalue weighted by atomic mass is 16.2. The Hall–Kier alpha value is -1.39. The molecule has 4 heteroatoms. The predicted molar refractivity (Wildman–Crippen MR) is 73.9 cm³/mol. The topological polar surface area (TPSA) is 58.4 Å². The van der Waals surface area contributed by atoms with Gasteiger partial charge in [0.1, 0.15) is 0 Å². The maximum atomic E-state index is 11.3. The summed E-state index contributed by atoms with van der Waals surface area (Å²) in [7, 11) is 0. The molecule has 1 amide bonds. The highest BCUT2D eigenvalue weighted by Gasteiger charge is 2.07. The fraction of sp³-hybridized carbons (Fsp3) is 0.500. The lowest BCUT2D eigenvalue weighted by molar-refractivity contribution is 0.0953. The van der Waals surface area contributed by atoms with Crippen LogP contribution in [0.5, 0.6) is 0 Å². The summed E-state index contributed by atoms with van der Waals surface area (Å²) >= 11 is 0. The number of carbonyl (C=O) groups is 1. The summed E-state index contributed by atoms with van der Waals surface area (Å²) < 4.78 is 0. The molecular weight excluding hydrogens is 226 g/mol. The van der Waals surface area contributed by atoms with Crippen LogP contribution >= 0.6 is 0 Å². The van der Waals surface area contributed by atoms with E-state index in [1.807, 2.05) is 12.1 Å². The van der Waals surface area contributed by atoms with Crippen molar-refractivity contribution in [1.82, 2.24) is 10.3 Å². The van der Waals surface area contributed by atoms with Crippen molar-refractivity contribution < 1.29 is 4.79 Å². The van der Waals surface area contributed by atoms with Gasteiger partial charge >= 0.3 is 0 Å². The molecular formula is C14H23N3O. The molecule has 0 saturated carbocycles. The van der Waals surface area contributed by atoms with Crippen LogP contribution in [0.15, 0.2) is 24.3 Å². The minimum absolute atomic E-state index is 0.254. The molecule has 1 rings (SSSR count). The van der Waals surface area contributed by atoms with Gasteiger partial charge in [-0.1, -0.05) is 32.9 Å². The van der Waals surface area contributed by atoms with E-state index in [2.05, 4.69) is 31.1 Å². The molecule has 0 radical (unpaired) electrons. The SMILES string of the molecule is CCN(Cc1ccc(C(=O)NN)cc1)CC(C)C. The van der Waals surface area contributed by atoms with Crippen molar-refractivity contribution in [3.63, 3.8) is 0 Å². The second-order valence-electron chi connectivity index (χ2n) is 4.89. The van der Waals surface area contributed by atoms with Crippen LogP contribution in [0.2, 0.25) is 0 Å². The molecule has 0 aliphatic carbocycles. The molecule has 18 heavy (non-hydrogen) atoms. The third-order valence-electron chi connectivity index (χ3n) is 2.82. The van der Waals surface area contributed by atoms with E-state index in [-0.39, 0.29) is 5.91 Å². The number of hydrogen-bond acceptors (Lipinski definition) is 3. The fourth-order valence-corrected chi connectivity index (χ4v) is 1.92. The minimum Gasteiger partial charge on any atom is -0.299 e. The van der Waals surface area contributed by atoms with E-state index < -0.39 is 0 Å². The van der Waals surface area contributed by atoms with Gasteiger partial charge in [-0.3, -0.25) is 15.1 Å². The Kier molecular flexibility index (Phi) is 5.82. The number of carbonyl (C=O) groups excluding carboxylic acids is 1. The quantitative estimate of drug-likeness (QED) is 0.459. The van der Waals surface area contributed by atoms with Crippen molar-refractivity contribution >= 4 is 5.91 Å². The molecule has 0 aliphatic rings. The lowest BCUT2D eigenvalue weighted by Crippen LogP contribution is -2.30. The molecule has 4 nitrogen and oxygen atoms in total. The smallest absolute Gasteiger partial charge is 0.265 e. The van der Waals surface area contributed by atoms with E-state index in [1.165, 1.54) is 5.56 Å². The van der Waals surface area contributed by atoms with Crippen molar-refractivity contribution in [3.8, 4) is 0 Å². The molecule has 0 fully saturated rings. The van der Waals surface area contributed by atoms with Crippen LogP contribution in [0.3, 0.4) is 0 Å². The van der Waals surface area contributed by atoms with Crippen LogP contribution < -0.4 is 11.3 Å². The van der Waals surface area contributed by atoms with Gasteiger partial charge in [-0.25, -0.2) is 5.84 Å². The van der Waals surface area contributed by atoms with E-state index >= 15 is 0 Å². The van der Waals surface area contributed by atoms with Gasteiger partial charge in [0, 0.05) is 18.7 Å². The van der Waals surface area contributed by atoms with E-state index in [0.29, 0.717) is 11.5 Å². The zero-order valence-electron chi connectivity index (χ0n) is 11.4. The van der Waals surface area contributed by atoms with Crippen LogP contribution in [0.1, 0.15) is 36.7 Å². The first-order valence-electron chi connectivity index (χ1n) is 6.39. The second-order valence-corrected chi connectivity index (χ2v) is 4.89. The summed E-state index contributed by atoms with van der Waals surface area (Å²) in [6, 6.07) is 7.57. The van der Waals surface area contributed by atoms with Gasteiger partial charge in [0.25, 0.3) is 5.91 Å². The molecule has 0 saturated heterocycles. The maximum Gasteiger partial charge on any atom is 0.265 e. The first kappa shape index (κ1) is 14.7. The lowest BCUT2D eigenvalue weighted by Gasteiger charge is -2.22. The molecule has 0 unspecified atom stereocenters. The fourth-order valence-electron chi connectivity index (χ4n) is 1.92. The average molecular weight is 249 g/mol. The van der Waals surface area contributed by atoms with E-state index in [1.54, 1.807) is 12.1 Å². The Bertz CT molecular complexity index is 373. The van der Waals surface area contributed by atoms with Gasteiger partial charge < -0.3 is 0 Å². The summed E-state index contributed by atoms with van der Waals surface area (Å²) in [5, 5.41) is 0. The van der Waals surface area contributed by atoms with Gasteiger partial charge in [0.05, 0.1) is 0 Å². The molecule has 0 aromatic heterocycles. The number of nitrogen functional groups attached to an aromatic ring is 1. The number of rotatable bonds is 6. The van der Waals surface area contributed by atoms with Crippen LogP contribution in [0.4, 0.5) is 0 Å². The zero-order valence-corrected chi connectivity index (χ0v) is 11.4. The Morgan fingerprint density at radius 2 is 1.94 bits per heavy atom. The minimum atomic E-state index is -0.254. The summed E-state index contributed by atoms with van der Waals surface area (Å²) in [4.78, 5) is 13.7. The van der Waals surface area contributed by atoms with E-state index in [9.17, 15) is 4.79 Å². The molecule has 0 aliphatic heterocycles. The Balaban J connectivity index is 2.64.